The normalized spacial score (nSPS) is 13.3. The van der Waals surface area contributed by atoms with Crippen molar-refractivity contribution in [2.75, 3.05) is 7.11 Å². The van der Waals surface area contributed by atoms with Crippen molar-refractivity contribution in [3.8, 4) is 0 Å². The fraction of sp³-hybridized carbons (Fsp3) is 0.579. The van der Waals surface area contributed by atoms with Gasteiger partial charge in [0.1, 0.15) is 15.5 Å². The number of H-pyrrole nitrogens is 1. The molecule has 2 aromatic rings. The van der Waals surface area contributed by atoms with E-state index in [0.29, 0.717) is 43.3 Å². The molecule has 28 heavy (non-hydrogen) atoms. The van der Waals surface area contributed by atoms with Crippen LogP contribution in [0, 0.1) is 12.8 Å². The number of carbonyl (C=O) groups is 1. The van der Waals surface area contributed by atoms with Gasteiger partial charge < -0.3 is 15.5 Å². The number of hydrogen-bond donors (Lipinski definition) is 2. The predicted octanol–water partition coefficient (Wildman–Crippen LogP) is 3.84. The number of nitrogens with one attached hydrogen (secondary N) is 1. The molecule has 0 aliphatic heterocycles. The van der Waals surface area contributed by atoms with Crippen LogP contribution in [0.3, 0.4) is 0 Å². The molecular weight excluding hydrogens is 396 g/mol. The molecule has 0 aliphatic carbocycles. The van der Waals surface area contributed by atoms with Crippen molar-refractivity contribution >= 4 is 44.5 Å². The molecule has 0 saturated carbocycles. The van der Waals surface area contributed by atoms with E-state index in [2.05, 4.69) is 35.7 Å². The maximum atomic E-state index is 12.4. The lowest BCUT2D eigenvalue weighted by Crippen LogP contribution is -2.14. The molecule has 7 nitrogen and oxygen atoms in total. The maximum Gasteiger partial charge on any atom is 0.348 e. The van der Waals surface area contributed by atoms with E-state index >= 15 is 0 Å². The molecule has 0 amide bonds. The van der Waals surface area contributed by atoms with Crippen molar-refractivity contribution < 1.29 is 9.53 Å². The molecule has 2 aromatic heterocycles. The van der Waals surface area contributed by atoms with Crippen molar-refractivity contribution in [2.45, 2.75) is 58.8 Å². The number of aliphatic imine (C=N–C) groups is 1. The van der Waals surface area contributed by atoms with Crippen LogP contribution in [0.1, 0.15) is 61.1 Å². The maximum absolute atomic E-state index is 12.4. The zero-order chi connectivity index (χ0) is 20.8. The lowest BCUT2D eigenvalue weighted by atomic mass is 10.0. The predicted molar refractivity (Wildman–Crippen MR) is 117 cm³/mol. The van der Waals surface area contributed by atoms with Crippen molar-refractivity contribution in [3.63, 3.8) is 0 Å². The highest BCUT2D eigenvalue weighted by atomic mass is 32.2. The van der Waals surface area contributed by atoms with Gasteiger partial charge in [-0.2, -0.15) is 0 Å². The molecule has 2 heterocycles. The number of rotatable bonds is 8. The summed E-state index contributed by atoms with van der Waals surface area (Å²) in [6, 6.07) is 0.170. The molecule has 1 atom stereocenters. The van der Waals surface area contributed by atoms with Crippen LogP contribution in [0.5, 0.6) is 0 Å². The summed E-state index contributed by atoms with van der Waals surface area (Å²) < 4.78 is 4.77. The number of amidine groups is 1. The molecule has 0 fully saturated rings. The van der Waals surface area contributed by atoms with Crippen LogP contribution >= 0.6 is 23.1 Å². The largest absolute Gasteiger partial charge is 0.465 e. The Morgan fingerprint density at radius 3 is 2.71 bits per heavy atom. The van der Waals surface area contributed by atoms with Gasteiger partial charge in [-0.05, 0) is 31.7 Å². The Morgan fingerprint density at radius 1 is 1.36 bits per heavy atom. The molecule has 154 valence electrons. The number of aryl methyl sites for hydroxylation is 1. The standard InChI is InChI=1S/C19H28N4O3S2/c1-10(2)7-6-8-11(3)21-19(20)27-9-13-22-16(24)14-12(4)15(18(25)26-5)28-17(14)23-13/h10-11H,6-9H2,1-5H3,(H2,20,21)(H,22,23,24)/t11-/m0/s1. The quantitative estimate of drug-likeness (QED) is 0.378. The first-order valence-electron chi connectivity index (χ1n) is 9.29. The minimum atomic E-state index is -0.460. The number of fused-ring (bicyclic) bond motifs is 1. The zero-order valence-electron chi connectivity index (χ0n) is 17.0. The topological polar surface area (TPSA) is 110 Å². The fourth-order valence-electron chi connectivity index (χ4n) is 2.83. The number of ether oxygens (including phenoxy) is 1. The number of esters is 1. The molecule has 0 spiro atoms. The van der Waals surface area contributed by atoms with Crippen LogP contribution in [0.2, 0.25) is 0 Å². The van der Waals surface area contributed by atoms with Gasteiger partial charge in [0.2, 0.25) is 0 Å². The molecule has 9 heteroatoms. The molecule has 3 N–H and O–H groups in total. The second-order valence-electron chi connectivity index (χ2n) is 7.17. The van der Waals surface area contributed by atoms with Crippen LogP contribution in [0.4, 0.5) is 0 Å². The van der Waals surface area contributed by atoms with Gasteiger partial charge in [-0.25, -0.2) is 9.78 Å². The Morgan fingerprint density at radius 2 is 2.07 bits per heavy atom. The molecule has 0 bridgehead atoms. The average Bonchev–Trinajstić information content (AvgIpc) is 2.96. The third-order valence-corrected chi connectivity index (χ3v) is 6.31. The SMILES string of the molecule is COC(=O)c1sc2nc(CSC(N)=N[C@@H](C)CCCC(C)C)[nH]c(=O)c2c1C. The number of methoxy groups -OCH3 is 1. The van der Waals surface area contributed by atoms with Crippen LogP contribution in [-0.4, -0.2) is 34.3 Å². The number of aromatic amines is 1. The van der Waals surface area contributed by atoms with E-state index < -0.39 is 5.97 Å². The third-order valence-electron chi connectivity index (χ3n) is 4.33. The number of nitrogens with zero attached hydrogens (tertiary/aromatic N) is 2. The van der Waals surface area contributed by atoms with E-state index in [0.717, 1.165) is 24.2 Å². The Hall–Kier alpha value is -1.87. The summed E-state index contributed by atoms with van der Waals surface area (Å²) in [4.78, 5) is 36.9. The first kappa shape index (κ1) is 22.4. The molecule has 2 rings (SSSR count). The van der Waals surface area contributed by atoms with Gasteiger partial charge in [-0.1, -0.05) is 38.5 Å². The number of carbonyl (C=O) groups excluding carboxylic acids is 1. The molecule has 0 aliphatic rings. The number of nitrogens with two attached hydrogens (primary N) is 1. The summed E-state index contributed by atoms with van der Waals surface area (Å²) >= 11 is 2.51. The first-order valence-corrected chi connectivity index (χ1v) is 11.1. The minimum Gasteiger partial charge on any atom is -0.465 e. The van der Waals surface area contributed by atoms with Gasteiger partial charge in [0.15, 0.2) is 5.17 Å². The monoisotopic (exact) mass is 424 g/mol. The van der Waals surface area contributed by atoms with Gasteiger partial charge in [-0.15, -0.1) is 11.3 Å². The van der Waals surface area contributed by atoms with E-state index in [-0.39, 0.29) is 11.6 Å². The highest BCUT2D eigenvalue weighted by Gasteiger charge is 2.19. The number of aromatic nitrogens is 2. The summed E-state index contributed by atoms with van der Waals surface area (Å²) in [6.45, 7) is 8.21. The van der Waals surface area contributed by atoms with E-state index in [1.807, 2.05) is 0 Å². The third kappa shape index (κ3) is 5.81. The summed E-state index contributed by atoms with van der Waals surface area (Å²) in [5.74, 6) is 1.15. The van der Waals surface area contributed by atoms with Crippen molar-refractivity contribution in [1.82, 2.24) is 9.97 Å². The highest BCUT2D eigenvalue weighted by molar-refractivity contribution is 8.13. The van der Waals surface area contributed by atoms with Crippen LogP contribution in [-0.2, 0) is 10.5 Å². The van der Waals surface area contributed by atoms with E-state index in [9.17, 15) is 9.59 Å². The van der Waals surface area contributed by atoms with E-state index in [1.165, 1.54) is 25.3 Å². The minimum absolute atomic E-state index is 0.170. The van der Waals surface area contributed by atoms with Crippen LogP contribution in [0.15, 0.2) is 9.79 Å². The highest BCUT2D eigenvalue weighted by Crippen LogP contribution is 2.27. The molecule has 0 saturated heterocycles. The number of thiophene rings is 1. The Kier molecular flexibility index (Phi) is 8.06. The molecular formula is C19H28N4O3S2. The number of thioether (sulfide) groups is 1. The number of hydrogen-bond acceptors (Lipinski definition) is 7. The second kappa shape index (κ2) is 10.1. The fourth-order valence-corrected chi connectivity index (χ4v) is 4.62. The second-order valence-corrected chi connectivity index (χ2v) is 9.17. The van der Waals surface area contributed by atoms with Crippen molar-refractivity contribution in [3.05, 3.63) is 26.6 Å². The first-order chi connectivity index (χ1) is 13.2. The van der Waals surface area contributed by atoms with Crippen LogP contribution in [0.25, 0.3) is 10.2 Å². The summed E-state index contributed by atoms with van der Waals surface area (Å²) in [5.41, 5.74) is 6.36. The Labute approximate surface area is 173 Å². The summed E-state index contributed by atoms with van der Waals surface area (Å²) in [5, 5.41) is 0.914. The van der Waals surface area contributed by atoms with Gasteiger partial charge >= 0.3 is 5.97 Å². The Bertz CT molecular complexity index is 918. The van der Waals surface area contributed by atoms with Crippen molar-refractivity contribution in [1.29, 1.82) is 0 Å². The van der Waals surface area contributed by atoms with Gasteiger partial charge in [0, 0.05) is 6.04 Å². The van der Waals surface area contributed by atoms with E-state index in [4.69, 9.17) is 10.5 Å². The van der Waals surface area contributed by atoms with Gasteiger partial charge in [-0.3, -0.25) is 9.79 Å². The van der Waals surface area contributed by atoms with Gasteiger partial charge in [0.25, 0.3) is 5.56 Å². The zero-order valence-corrected chi connectivity index (χ0v) is 18.6. The molecule has 0 unspecified atom stereocenters. The average molecular weight is 425 g/mol. The van der Waals surface area contributed by atoms with Crippen LogP contribution < -0.4 is 11.3 Å². The summed E-state index contributed by atoms with van der Waals surface area (Å²) in [7, 11) is 1.32. The molecule has 0 radical (unpaired) electrons. The molecule has 0 aromatic carbocycles. The van der Waals surface area contributed by atoms with E-state index in [1.54, 1.807) is 6.92 Å². The summed E-state index contributed by atoms with van der Waals surface area (Å²) in [6.07, 6.45) is 3.32. The van der Waals surface area contributed by atoms with Crippen molar-refractivity contribution in [2.24, 2.45) is 16.6 Å². The lowest BCUT2D eigenvalue weighted by molar-refractivity contribution is 0.0605. The lowest BCUT2D eigenvalue weighted by Gasteiger charge is -2.09. The smallest absolute Gasteiger partial charge is 0.348 e. The van der Waals surface area contributed by atoms with Gasteiger partial charge in [0.05, 0.1) is 18.2 Å². The Balaban J connectivity index is 2.07.